The fourth-order valence-corrected chi connectivity index (χ4v) is 2.60. The summed E-state index contributed by atoms with van der Waals surface area (Å²) in [5, 5.41) is 3.54. The summed E-state index contributed by atoms with van der Waals surface area (Å²) in [6.45, 7) is 9.96. The Kier molecular flexibility index (Phi) is 4.31. The molecular formula is C15H27N3. The number of hydrogen-bond acceptors (Lipinski definition) is 2. The number of aromatic nitrogens is 2. The molecule has 102 valence electrons. The third-order valence-corrected chi connectivity index (χ3v) is 4.29. The molecule has 1 atom stereocenters. The minimum Gasteiger partial charge on any atom is -0.355 e. The largest absolute Gasteiger partial charge is 0.355 e. The lowest BCUT2D eigenvalue weighted by atomic mass is 9.98. The molecule has 0 aromatic carbocycles. The van der Waals surface area contributed by atoms with Gasteiger partial charge in [-0.05, 0) is 31.6 Å². The van der Waals surface area contributed by atoms with Gasteiger partial charge in [0.05, 0.1) is 5.69 Å². The van der Waals surface area contributed by atoms with Gasteiger partial charge in [0, 0.05) is 18.8 Å². The molecule has 1 aromatic rings. The van der Waals surface area contributed by atoms with Crippen LogP contribution in [0.1, 0.15) is 58.2 Å². The van der Waals surface area contributed by atoms with Gasteiger partial charge in [-0.15, -0.1) is 0 Å². The van der Waals surface area contributed by atoms with Crippen molar-refractivity contribution in [3.05, 3.63) is 11.9 Å². The SMILES string of the molecule is Cc1cn(C2CCCC2)c(NCC(C)C(C)C)n1. The molecule has 1 unspecified atom stereocenters. The van der Waals surface area contributed by atoms with Crippen LogP contribution < -0.4 is 5.32 Å². The second kappa shape index (κ2) is 5.77. The Balaban J connectivity index is 2.03. The van der Waals surface area contributed by atoms with E-state index in [0.717, 1.165) is 18.2 Å². The summed E-state index contributed by atoms with van der Waals surface area (Å²) >= 11 is 0. The van der Waals surface area contributed by atoms with Gasteiger partial charge in [0.1, 0.15) is 0 Å². The predicted molar refractivity (Wildman–Crippen MR) is 77.0 cm³/mol. The van der Waals surface area contributed by atoms with Gasteiger partial charge in [0.25, 0.3) is 0 Å². The van der Waals surface area contributed by atoms with Gasteiger partial charge < -0.3 is 9.88 Å². The monoisotopic (exact) mass is 249 g/mol. The van der Waals surface area contributed by atoms with Gasteiger partial charge in [-0.3, -0.25) is 0 Å². The van der Waals surface area contributed by atoms with Crippen molar-refractivity contribution in [2.75, 3.05) is 11.9 Å². The third-order valence-electron chi connectivity index (χ3n) is 4.29. The Bertz CT molecular complexity index is 375. The van der Waals surface area contributed by atoms with Gasteiger partial charge >= 0.3 is 0 Å². The van der Waals surface area contributed by atoms with Crippen molar-refractivity contribution >= 4 is 5.95 Å². The summed E-state index contributed by atoms with van der Waals surface area (Å²) in [6.07, 6.45) is 7.56. The summed E-state index contributed by atoms with van der Waals surface area (Å²) in [7, 11) is 0. The molecule has 0 aliphatic heterocycles. The van der Waals surface area contributed by atoms with Crippen LogP contribution in [-0.2, 0) is 0 Å². The van der Waals surface area contributed by atoms with E-state index in [9.17, 15) is 0 Å². The minimum absolute atomic E-state index is 0.669. The number of nitrogens with zero attached hydrogens (tertiary/aromatic N) is 2. The molecule has 1 saturated carbocycles. The van der Waals surface area contributed by atoms with Crippen LogP contribution in [0.2, 0.25) is 0 Å². The minimum atomic E-state index is 0.669. The van der Waals surface area contributed by atoms with E-state index in [0.29, 0.717) is 17.9 Å². The summed E-state index contributed by atoms with van der Waals surface area (Å²) in [5.41, 5.74) is 1.13. The normalized spacial score (nSPS) is 18.5. The van der Waals surface area contributed by atoms with Crippen molar-refractivity contribution in [3.63, 3.8) is 0 Å². The molecule has 1 aromatic heterocycles. The van der Waals surface area contributed by atoms with E-state index in [1.54, 1.807) is 0 Å². The fraction of sp³-hybridized carbons (Fsp3) is 0.800. The van der Waals surface area contributed by atoms with Crippen molar-refractivity contribution in [2.45, 2.75) is 59.4 Å². The first-order valence-electron chi connectivity index (χ1n) is 7.37. The number of nitrogens with one attached hydrogen (secondary N) is 1. The van der Waals surface area contributed by atoms with E-state index in [1.165, 1.54) is 25.7 Å². The Labute approximate surface area is 111 Å². The zero-order chi connectivity index (χ0) is 13.1. The van der Waals surface area contributed by atoms with E-state index < -0.39 is 0 Å². The van der Waals surface area contributed by atoms with Crippen LogP contribution in [0.5, 0.6) is 0 Å². The van der Waals surface area contributed by atoms with E-state index in [2.05, 4.69) is 48.8 Å². The van der Waals surface area contributed by atoms with Crippen molar-refractivity contribution in [1.82, 2.24) is 9.55 Å². The number of imidazole rings is 1. The molecular weight excluding hydrogens is 222 g/mol. The van der Waals surface area contributed by atoms with Crippen LogP contribution in [0.15, 0.2) is 6.20 Å². The molecule has 2 rings (SSSR count). The molecule has 1 N–H and O–H groups in total. The standard InChI is InChI=1S/C15H27N3/c1-11(2)12(3)9-16-15-17-13(4)10-18(15)14-7-5-6-8-14/h10-12,14H,5-9H2,1-4H3,(H,16,17). The topological polar surface area (TPSA) is 29.9 Å². The number of aryl methyl sites for hydroxylation is 1. The Morgan fingerprint density at radius 2 is 2.00 bits per heavy atom. The lowest BCUT2D eigenvalue weighted by molar-refractivity contribution is 0.436. The van der Waals surface area contributed by atoms with E-state index >= 15 is 0 Å². The average molecular weight is 249 g/mol. The first-order valence-corrected chi connectivity index (χ1v) is 7.37. The number of hydrogen-bond donors (Lipinski definition) is 1. The van der Waals surface area contributed by atoms with Crippen LogP contribution in [0, 0.1) is 18.8 Å². The van der Waals surface area contributed by atoms with Crippen LogP contribution >= 0.6 is 0 Å². The highest BCUT2D eigenvalue weighted by Crippen LogP contribution is 2.32. The predicted octanol–water partition coefficient (Wildman–Crippen LogP) is 4.01. The highest BCUT2D eigenvalue weighted by Gasteiger charge is 2.20. The van der Waals surface area contributed by atoms with Crippen LogP contribution in [0.25, 0.3) is 0 Å². The summed E-state index contributed by atoms with van der Waals surface area (Å²) in [4.78, 5) is 4.64. The zero-order valence-electron chi connectivity index (χ0n) is 12.2. The highest BCUT2D eigenvalue weighted by atomic mass is 15.2. The first-order chi connectivity index (χ1) is 8.58. The van der Waals surface area contributed by atoms with Gasteiger partial charge in [-0.1, -0.05) is 33.6 Å². The smallest absolute Gasteiger partial charge is 0.203 e. The Morgan fingerprint density at radius 3 is 2.61 bits per heavy atom. The van der Waals surface area contributed by atoms with E-state index in [4.69, 9.17) is 0 Å². The molecule has 3 heteroatoms. The van der Waals surface area contributed by atoms with Crippen molar-refractivity contribution in [1.29, 1.82) is 0 Å². The molecule has 18 heavy (non-hydrogen) atoms. The summed E-state index contributed by atoms with van der Waals surface area (Å²) in [6, 6.07) is 0.669. The van der Waals surface area contributed by atoms with E-state index in [-0.39, 0.29) is 0 Å². The van der Waals surface area contributed by atoms with Crippen LogP contribution in [-0.4, -0.2) is 16.1 Å². The number of anilines is 1. The van der Waals surface area contributed by atoms with E-state index in [1.807, 2.05) is 0 Å². The van der Waals surface area contributed by atoms with Crippen molar-refractivity contribution in [2.24, 2.45) is 11.8 Å². The maximum atomic E-state index is 4.64. The number of rotatable bonds is 5. The van der Waals surface area contributed by atoms with Crippen molar-refractivity contribution < 1.29 is 0 Å². The molecule has 3 nitrogen and oxygen atoms in total. The Morgan fingerprint density at radius 1 is 1.33 bits per heavy atom. The molecule has 0 spiro atoms. The first kappa shape index (κ1) is 13.4. The summed E-state index contributed by atoms with van der Waals surface area (Å²) < 4.78 is 2.37. The lowest BCUT2D eigenvalue weighted by Crippen LogP contribution is -2.19. The maximum Gasteiger partial charge on any atom is 0.203 e. The molecule has 1 aliphatic rings. The fourth-order valence-electron chi connectivity index (χ4n) is 2.60. The second-order valence-corrected chi connectivity index (χ2v) is 6.15. The van der Waals surface area contributed by atoms with Gasteiger partial charge in [0.15, 0.2) is 0 Å². The quantitative estimate of drug-likeness (QED) is 0.854. The Hall–Kier alpha value is -0.990. The van der Waals surface area contributed by atoms with Gasteiger partial charge in [-0.2, -0.15) is 0 Å². The molecule has 1 heterocycles. The molecule has 1 aliphatic carbocycles. The highest BCUT2D eigenvalue weighted by molar-refractivity contribution is 5.30. The van der Waals surface area contributed by atoms with Gasteiger partial charge in [0.2, 0.25) is 5.95 Å². The van der Waals surface area contributed by atoms with Crippen LogP contribution in [0.4, 0.5) is 5.95 Å². The average Bonchev–Trinajstić information content (AvgIpc) is 2.94. The maximum absolute atomic E-state index is 4.64. The molecule has 0 bridgehead atoms. The van der Waals surface area contributed by atoms with Crippen LogP contribution in [0.3, 0.4) is 0 Å². The summed E-state index contributed by atoms with van der Waals surface area (Å²) in [5.74, 6) is 2.47. The van der Waals surface area contributed by atoms with Crippen molar-refractivity contribution in [3.8, 4) is 0 Å². The molecule has 1 fully saturated rings. The zero-order valence-corrected chi connectivity index (χ0v) is 12.2. The van der Waals surface area contributed by atoms with Gasteiger partial charge in [-0.25, -0.2) is 4.98 Å². The second-order valence-electron chi connectivity index (χ2n) is 6.15. The third kappa shape index (κ3) is 3.06. The molecule has 0 radical (unpaired) electrons. The molecule has 0 amide bonds. The lowest BCUT2D eigenvalue weighted by Gasteiger charge is -2.19. The molecule has 0 saturated heterocycles.